The zero-order valence-electron chi connectivity index (χ0n) is 13.2. The van der Waals surface area contributed by atoms with Gasteiger partial charge in [-0.2, -0.15) is 0 Å². The second-order valence-electron chi connectivity index (χ2n) is 4.53. The molecule has 0 bridgehead atoms. The molecule has 0 atom stereocenters. The van der Waals surface area contributed by atoms with Crippen molar-refractivity contribution in [1.82, 2.24) is 5.32 Å². The van der Waals surface area contributed by atoms with Crippen molar-refractivity contribution in [2.45, 2.75) is 13.3 Å². The number of hydrogen-bond donors (Lipinski definition) is 3. The van der Waals surface area contributed by atoms with Crippen molar-refractivity contribution in [1.29, 1.82) is 0 Å². The van der Waals surface area contributed by atoms with Gasteiger partial charge in [0.2, 0.25) is 0 Å². The second-order valence-corrected chi connectivity index (χ2v) is 4.53. The average Bonchev–Trinajstić information content (AvgIpc) is 2.52. The van der Waals surface area contributed by atoms with Crippen molar-refractivity contribution >= 4 is 17.6 Å². The van der Waals surface area contributed by atoms with E-state index in [1.54, 1.807) is 18.2 Å². The Labute approximate surface area is 138 Å². The van der Waals surface area contributed by atoms with Gasteiger partial charge in [-0.05, 0) is 31.5 Å². The SMILES string of the molecule is C=CCNCCCOc1ccc(C)cc1[N+](=O)[O-].O=C(O)C(=O)O. The Balaban J connectivity index is 0.000000754. The summed E-state index contributed by atoms with van der Waals surface area (Å²) in [5.74, 6) is -3.32. The number of hydrogen-bond acceptors (Lipinski definition) is 6. The molecule has 0 aromatic heterocycles. The number of aryl methyl sites for hydroxylation is 1. The van der Waals surface area contributed by atoms with Crippen molar-refractivity contribution in [2.24, 2.45) is 0 Å². The van der Waals surface area contributed by atoms with E-state index in [4.69, 9.17) is 24.5 Å². The zero-order valence-corrected chi connectivity index (χ0v) is 13.2. The number of ether oxygens (including phenoxy) is 1. The molecule has 132 valence electrons. The molecule has 0 amide bonds. The summed E-state index contributed by atoms with van der Waals surface area (Å²) in [5.41, 5.74) is 0.871. The van der Waals surface area contributed by atoms with Gasteiger partial charge in [0.1, 0.15) is 0 Å². The van der Waals surface area contributed by atoms with Crippen molar-refractivity contribution in [3.8, 4) is 5.75 Å². The number of rotatable bonds is 8. The van der Waals surface area contributed by atoms with Crippen LogP contribution in [-0.2, 0) is 9.59 Å². The molecule has 3 N–H and O–H groups in total. The Hall–Kier alpha value is -2.94. The number of carboxylic acids is 2. The Kier molecular flexibility index (Phi) is 10.2. The molecule has 24 heavy (non-hydrogen) atoms. The summed E-state index contributed by atoms with van der Waals surface area (Å²) in [7, 11) is 0. The number of nitrogens with one attached hydrogen (secondary N) is 1. The number of aliphatic carboxylic acids is 2. The van der Waals surface area contributed by atoms with E-state index < -0.39 is 16.9 Å². The van der Waals surface area contributed by atoms with Crippen LogP contribution in [0.15, 0.2) is 30.9 Å². The first kappa shape index (κ1) is 21.1. The summed E-state index contributed by atoms with van der Waals surface area (Å²) in [6.45, 7) is 7.42. The van der Waals surface area contributed by atoms with Gasteiger partial charge in [-0.1, -0.05) is 12.1 Å². The number of nitrogens with zero attached hydrogens (tertiary/aromatic N) is 1. The van der Waals surface area contributed by atoms with E-state index in [-0.39, 0.29) is 5.69 Å². The quantitative estimate of drug-likeness (QED) is 0.213. The summed E-state index contributed by atoms with van der Waals surface area (Å²) >= 11 is 0. The molecule has 0 radical (unpaired) electrons. The molecule has 0 aliphatic rings. The van der Waals surface area contributed by atoms with Crippen LogP contribution in [0.2, 0.25) is 0 Å². The lowest BCUT2D eigenvalue weighted by atomic mass is 10.2. The van der Waals surface area contributed by atoms with E-state index in [0.717, 1.165) is 25.1 Å². The fraction of sp³-hybridized carbons (Fsp3) is 0.333. The highest BCUT2D eigenvalue weighted by Gasteiger charge is 2.14. The smallest absolute Gasteiger partial charge is 0.414 e. The number of nitro benzene ring substituents is 1. The second kappa shape index (κ2) is 11.6. The van der Waals surface area contributed by atoms with E-state index in [2.05, 4.69) is 11.9 Å². The van der Waals surface area contributed by atoms with E-state index in [0.29, 0.717) is 12.4 Å². The van der Waals surface area contributed by atoms with E-state index in [1.807, 2.05) is 6.92 Å². The minimum absolute atomic E-state index is 0.0223. The lowest BCUT2D eigenvalue weighted by molar-refractivity contribution is -0.385. The predicted molar refractivity (Wildman–Crippen MR) is 86.3 cm³/mol. The highest BCUT2D eigenvalue weighted by Crippen LogP contribution is 2.27. The molecule has 0 unspecified atom stereocenters. The van der Waals surface area contributed by atoms with Crippen LogP contribution in [0.1, 0.15) is 12.0 Å². The first-order valence-electron chi connectivity index (χ1n) is 6.95. The molecule has 0 spiro atoms. The maximum absolute atomic E-state index is 10.9. The molecule has 0 fully saturated rings. The van der Waals surface area contributed by atoms with Crippen molar-refractivity contribution < 1.29 is 29.5 Å². The lowest BCUT2D eigenvalue weighted by Gasteiger charge is -2.07. The molecule has 0 aliphatic heterocycles. The zero-order chi connectivity index (χ0) is 18.5. The van der Waals surface area contributed by atoms with Gasteiger partial charge in [0, 0.05) is 12.6 Å². The van der Waals surface area contributed by atoms with Gasteiger partial charge >= 0.3 is 17.6 Å². The Bertz CT molecular complexity index is 575. The molecular formula is C15H20N2O7. The molecule has 1 rings (SSSR count). The van der Waals surface area contributed by atoms with Crippen LogP contribution >= 0.6 is 0 Å². The topological polar surface area (TPSA) is 139 Å². The van der Waals surface area contributed by atoms with Crippen LogP contribution in [0, 0.1) is 17.0 Å². The average molecular weight is 340 g/mol. The Morgan fingerprint density at radius 3 is 2.50 bits per heavy atom. The highest BCUT2D eigenvalue weighted by molar-refractivity contribution is 6.27. The molecule has 1 aromatic rings. The molecule has 0 saturated carbocycles. The fourth-order valence-corrected chi connectivity index (χ4v) is 1.48. The third-order valence-electron chi connectivity index (χ3n) is 2.54. The molecular weight excluding hydrogens is 320 g/mol. The standard InChI is InChI=1S/C13H18N2O3.C2H2O4/c1-3-7-14-8-4-9-18-13-6-5-11(2)10-12(13)15(16)17;3-1(4)2(5)6/h3,5-6,10,14H,1,4,7-9H2,2H3;(H,3,4)(H,5,6). The van der Waals surface area contributed by atoms with Gasteiger partial charge in [-0.25, -0.2) is 9.59 Å². The predicted octanol–water partition coefficient (Wildman–Crippen LogP) is 1.60. The van der Waals surface area contributed by atoms with Crippen LogP contribution in [0.3, 0.4) is 0 Å². The first-order valence-corrected chi connectivity index (χ1v) is 6.95. The Morgan fingerprint density at radius 1 is 1.38 bits per heavy atom. The van der Waals surface area contributed by atoms with Crippen LogP contribution in [0.4, 0.5) is 5.69 Å². The molecule has 1 aromatic carbocycles. The van der Waals surface area contributed by atoms with Crippen LogP contribution < -0.4 is 10.1 Å². The number of carbonyl (C=O) groups is 2. The van der Waals surface area contributed by atoms with E-state index >= 15 is 0 Å². The monoisotopic (exact) mass is 340 g/mol. The van der Waals surface area contributed by atoms with Crippen molar-refractivity contribution in [3.05, 3.63) is 46.5 Å². The van der Waals surface area contributed by atoms with Gasteiger partial charge < -0.3 is 20.3 Å². The summed E-state index contributed by atoms with van der Waals surface area (Å²) in [6, 6.07) is 4.97. The maximum atomic E-state index is 10.9. The van der Waals surface area contributed by atoms with Gasteiger partial charge in [0.25, 0.3) is 0 Å². The molecule has 0 aliphatic carbocycles. The minimum atomic E-state index is -1.82. The first-order chi connectivity index (χ1) is 11.3. The van der Waals surface area contributed by atoms with Gasteiger partial charge in [0.05, 0.1) is 11.5 Å². The highest BCUT2D eigenvalue weighted by atomic mass is 16.6. The number of carboxylic acid groups (broad SMARTS) is 2. The van der Waals surface area contributed by atoms with E-state index in [1.165, 1.54) is 6.07 Å². The molecule has 9 heteroatoms. The normalized spacial score (nSPS) is 9.38. The number of benzene rings is 1. The number of nitro groups is 1. The summed E-state index contributed by atoms with van der Waals surface area (Å²) in [6.07, 6.45) is 2.57. The van der Waals surface area contributed by atoms with Crippen LogP contribution in [-0.4, -0.2) is 46.8 Å². The van der Waals surface area contributed by atoms with Gasteiger partial charge in [0.15, 0.2) is 5.75 Å². The largest absolute Gasteiger partial charge is 0.487 e. The van der Waals surface area contributed by atoms with E-state index in [9.17, 15) is 10.1 Å². The molecule has 0 heterocycles. The third-order valence-corrected chi connectivity index (χ3v) is 2.54. The Morgan fingerprint density at radius 2 is 2.00 bits per heavy atom. The van der Waals surface area contributed by atoms with Crippen molar-refractivity contribution in [3.63, 3.8) is 0 Å². The maximum Gasteiger partial charge on any atom is 0.414 e. The lowest BCUT2D eigenvalue weighted by Crippen LogP contribution is -2.17. The van der Waals surface area contributed by atoms with Crippen LogP contribution in [0.25, 0.3) is 0 Å². The fourth-order valence-electron chi connectivity index (χ4n) is 1.48. The summed E-state index contributed by atoms with van der Waals surface area (Å²) < 4.78 is 5.43. The minimum Gasteiger partial charge on any atom is -0.487 e. The third kappa shape index (κ3) is 9.15. The van der Waals surface area contributed by atoms with Gasteiger partial charge in [-0.3, -0.25) is 10.1 Å². The van der Waals surface area contributed by atoms with Crippen LogP contribution in [0.5, 0.6) is 5.75 Å². The summed E-state index contributed by atoms with van der Waals surface area (Å²) in [5, 5.41) is 28.8. The van der Waals surface area contributed by atoms with Gasteiger partial charge in [-0.15, -0.1) is 6.58 Å². The molecule has 0 saturated heterocycles. The van der Waals surface area contributed by atoms with Crippen molar-refractivity contribution in [2.75, 3.05) is 19.7 Å². The summed E-state index contributed by atoms with van der Waals surface area (Å²) in [4.78, 5) is 28.6. The molecule has 9 nitrogen and oxygen atoms in total.